The lowest BCUT2D eigenvalue weighted by atomic mass is 9.74. The molecular formula is C15H24N2O3. The smallest absolute Gasteiger partial charge is 0.223 e. The number of hydrogen-bond donors (Lipinski definition) is 2. The molecule has 112 valence electrons. The number of amides is 1. The van der Waals surface area contributed by atoms with E-state index in [2.05, 4.69) is 17.7 Å². The number of carbonyl (C=O) groups is 2. The van der Waals surface area contributed by atoms with Gasteiger partial charge in [-0.3, -0.25) is 14.4 Å². The maximum Gasteiger partial charge on any atom is 0.223 e. The first-order valence-electron chi connectivity index (χ1n) is 7.85. The quantitative estimate of drug-likeness (QED) is 0.811. The summed E-state index contributed by atoms with van der Waals surface area (Å²) in [5.41, 5.74) is 3.10. The summed E-state index contributed by atoms with van der Waals surface area (Å²) < 4.78 is 0. The Morgan fingerprint density at radius 2 is 2.20 bits per heavy atom. The second-order valence-corrected chi connectivity index (χ2v) is 6.54. The van der Waals surface area contributed by atoms with Gasteiger partial charge in [-0.05, 0) is 37.5 Å². The molecule has 4 unspecified atom stereocenters. The van der Waals surface area contributed by atoms with Crippen molar-refractivity contribution in [1.82, 2.24) is 10.8 Å². The van der Waals surface area contributed by atoms with Crippen molar-refractivity contribution in [2.75, 3.05) is 6.54 Å². The summed E-state index contributed by atoms with van der Waals surface area (Å²) in [6.45, 7) is 2.94. The van der Waals surface area contributed by atoms with E-state index in [1.54, 1.807) is 0 Å². The number of Topliss-reactive ketones (excluding diaryl/α,β-unsaturated/α-hetero) is 1. The van der Waals surface area contributed by atoms with E-state index in [9.17, 15) is 9.59 Å². The average molecular weight is 280 g/mol. The van der Waals surface area contributed by atoms with Crippen LogP contribution in [-0.2, 0) is 14.4 Å². The normalized spacial score (nSPS) is 37.4. The van der Waals surface area contributed by atoms with Gasteiger partial charge in [0, 0.05) is 31.3 Å². The van der Waals surface area contributed by atoms with Crippen molar-refractivity contribution >= 4 is 11.7 Å². The fourth-order valence-corrected chi connectivity index (χ4v) is 3.46. The molecule has 2 saturated carbocycles. The van der Waals surface area contributed by atoms with Crippen molar-refractivity contribution in [2.45, 2.75) is 57.6 Å². The van der Waals surface area contributed by atoms with Gasteiger partial charge in [0.05, 0.1) is 6.10 Å². The van der Waals surface area contributed by atoms with Crippen LogP contribution in [0, 0.1) is 17.8 Å². The zero-order valence-electron chi connectivity index (χ0n) is 12.1. The van der Waals surface area contributed by atoms with Crippen molar-refractivity contribution in [3.05, 3.63) is 0 Å². The Labute approximate surface area is 119 Å². The molecule has 3 rings (SSSR count). The molecule has 0 radical (unpaired) electrons. The van der Waals surface area contributed by atoms with E-state index >= 15 is 0 Å². The van der Waals surface area contributed by atoms with Crippen molar-refractivity contribution < 1.29 is 14.4 Å². The molecule has 1 saturated heterocycles. The van der Waals surface area contributed by atoms with E-state index in [-0.39, 0.29) is 24.0 Å². The molecule has 0 spiro atoms. The second kappa shape index (κ2) is 5.82. The Morgan fingerprint density at radius 1 is 1.40 bits per heavy atom. The number of carbonyl (C=O) groups excluding carboxylic acids is 2. The van der Waals surface area contributed by atoms with Gasteiger partial charge in [-0.1, -0.05) is 6.92 Å². The minimum Gasteiger partial charge on any atom is -0.356 e. The van der Waals surface area contributed by atoms with Gasteiger partial charge in [-0.2, -0.15) is 5.48 Å². The molecule has 2 aliphatic carbocycles. The third-order valence-electron chi connectivity index (χ3n) is 5.05. The Hall–Kier alpha value is -0.940. The molecule has 3 fully saturated rings. The number of rotatable bonds is 4. The number of fused-ring (bicyclic) bond motifs is 1. The van der Waals surface area contributed by atoms with E-state index in [1.807, 2.05) is 0 Å². The molecule has 5 nitrogen and oxygen atoms in total. The van der Waals surface area contributed by atoms with Crippen LogP contribution < -0.4 is 10.8 Å². The standard InChI is InChI=1S/C15H24N2O3/c1-9-12-5-4-11(18)8-14(12)20-17-13(9)6-7-16-15(19)10-2-3-10/h9-10,12-14,17H,2-8H2,1H3,(H,16,19). The molecule has 1 heterocycles. The lowest BCUT2D eigenvalue weighted by Crippen LogP contribution is -2.53. The van der Waals surface area contributed by atoms with Crippen LogP contribution in [0.4, 0.5) is 0 Å². The third-order valence-corrected chi connectivity index (χ3v) is 5.05. The van der Waals surface area contributed by atoms with Gasteiger partial charge in [-0.25, -0.2) is 0 Å². The first-order valence-corrected chi connectivity index (χ1v) is 7.85. The summed E-state index contributed by atoms with van der Waals surface area (Å²) in [6.07, 6.45) is 5.21. The van der Waals surface area contributed by atoms with Crippen molar-refractivity contribution in [3.8, 4) is 0 Å². The minimum absolute atomic E-state index is 0.0450. The van der Waals surface area contributed by atoms with Gasteiger partial charge in [0.25, 0.3) is 0 Å². The first-order chi connectivity index (χ1) is 9.65. The zero-order chi connectivity index (χ0) is 14.1. The molecule has 0 aromatic rings. The number of hydrogen-bond acceptors (Lipinski definition) is 4. The zero-order valence-corrected chi connectivity index (χ0v) is 12.1. The van der Waals surface area contributed by atoms with Crippen LogP contribution >= 0.6 is 0 Å². The number of ketones is 1. The van der Waals surface area contributed by atoms with Gasteiger partial charge in [0.2, 0.25) is 5.91 Å². The monoisotopic (exact) mass is 280 g/mol. The highest BCUT2D eigenvalue weighted by Gasteiger charge is 2.41. The average Bonchev–Trinajstić information content (AvgIpc) is 3.25. The van der Waals surface area contributed by atoms with Gasteiger partial charge in [-0.15, -0.1) is 0 Å². The summed E-state index contributed by atoms with van der Waals surface area (Å²) in [7, 11) is 0. The number of hydroxylamine groups is 1. The summed E-state index contributed by atoms with van der Waals surface area (Å²) in [6, 6.07) is 0.268. The van der Waals surface area contributed by atoms with Crippen LogP contribution in [-0.4, -0.2) is 30.4 Å². The van der Waals surface area contributed by atoms with Crippen LogP contribution in [0.25, 0.3) is 0 Å². The van der Waals surface area contributed by atoms with Crippen LogP contribution in [0.1, 0.15) is 45.4 Å². The predicted molar refractivity (Wildman–Crippen MR) is 73.7 cm³/mol. The molecule has 4 atom stereocenters. The highest BCUT2D eigenvalue weighted by atomic mass is 16.7. The van der Waals surface area contributed by atoms with E-state index < -0.39 is 0 Å². The Morgan fingerprint density at radius 3 is 2.95 bits per heavy atom. The lowest BCUT2D eigenvalue weighted by molar-refractivity contribution is -0.160. The minimum atomic E-state index is 0.0450. The molecule has 3 aliphatic rings. The van der Waals surface area contributed by atoms with Crippen LogP contribution in [0.2, 0.25) is 0 Å². The first kappa shape index (κ1) is 14.0. The van der Waals surface area contributed by atoms with E-state index in [4.69, 9.17) is 4.84 Å². The molecule has 0 aromatic carbocycles. The van der Waals surface area contributed by atoms with E-state index in [0.717, 1.165) is 25.7 Å². The summed E-state index contributed by atoms with van der Waals surface area (Å²) in [4.78, 5) is 28.7. The Bertz CT molecular complexity index is 395. The van der Waals surface area contributed by atoms with Crippen LogP contribution in [0.5, 0.6) is 0 Å². The molecule has 1 aliphatic heterocycles. The second-order valence-electron chi connectivity index (χ2n) is 6.54. The fraction of sp³-hybridized carbons (Fsp3) is 0.867. The highest BCUT2D eigenvalue weighted by molar-refractivity contribution is 5.80. The summed E-state index contributed by atoms with van der Waals surface area (Å²) in [5, 5.41) is 3.00. The SMILES string of the molecule is CC1C(CCNC(=O)C2CC2)NOC2CC(=O)CCC21. The maximum absolute atomic E-state index is 11.6. The largest absolute Gasteiger partial charge is 0.356 e. The van der Waals surface area contributed by atoms with Gasteiger partial charge in [0.15, 0.2) is 0 Å². The lowest BCUT2D eigenvalue weighted by Gasteiger charge is -2.43. The summed E-state index contributed by atoms with van der Waals surface area (Å²) >= 11 is 0. The van der Waals surface area contributed by atoms with Crippen molar-refractivity contribution in [1.29, 1.82) is 0 Å². The predicted octanol–water partition coefficient (Wildman–Crippen LogP) is 1.18. The molecule has 2 N–H and O–H groups in total. The Balaban J connectivity index is 1.46. The fourth-order valence-electron chi connectivity index (χ4n) is 3.46. The molecule has 0 bridgehead atoms. The van der Waals surface area contributed by atoms with Gasteiger partial charge in [0.1, 0.15) is 5.78 Å². The number of nitrogens with one attached hydrogen (secondary N) is 2. The van der Waals surface area contributed by atoms with Crippen LogP contribution in [0.15, 0.2) is 0 Å². The third kappa shape index (κ3) is 3.04. The van der Waals surface area contributed by atoms with Crippen molar-refractivity contribution in [2.24, 2.45) is 17.8 Å². The Kier molecular flexibility index (Phi) is 4.08. The maximum atomic E-state index is 11.6. The van der Waals surface area contributed by atoms with Gasteiger partial charge < -0.3 is 5.32 Å². The van der Waals surface area contributed by atoms with E-state index in [1.165, 1.54) is 0 Å². The van der Waals surface area contributed by atoms with Gasteiger partial charge >= 0.3 is 0 Å². The summed E-state index contributed by atoms with van der Waals surface area (Å²) in [5.74, 6) is 1.75. The molecule has 1 amide bonds. The molecule has 5 heteroatoms. The topological polar surface area (TPSA) is 67.4 Å². The molecule has 0 aromatic heterocycles. The van der Waals surface area contributed by atoms with Crippen molar-refractivity contribution in [3.63, 3.8) is 0 Å². The van der Waals surface area contributed by atoms with Crippen LogP contribution in [0.3, 0.4) is 0 Å². The van der Waals surface area contributed by atoms with E-state index in [0.29, 0.717) is 37.0 Å². The molecule has 20 heavy (non-hydrogen) atoms. The molecular weight excluding hydrogens is 256 g/mol. The highest BCUT2D eigenvalue weighted by Crippen LogP contribution is 2.36.